The second kappa shape index (κ2) is 5.25. The Kier molecular flexibility index (Phi) is 3.50. The Morgan fingerprint density at radius 1 is 1.00 bits per heavy atom. The fraction of sp³-hybridized carbons (Fsp3) is 0.143. The number of benzene rings is 2. The Morgan fingerprint density at radius 3 is 2.41 bits per heavy atom. The molecule has 0 aliphatic heterocycles. The number of nitrogens with one attached hydrogen (secondary N) is 1. The van der Waals surface area contributed by atoms with Crippen molar-refractivity contribution < 1.29 is 5.11 Å². The molecule has 2 aromatic rings. The van der Waals surface area contributed by atoms with Gasteiger partial charge in [0.25, 0.3) is 0 Å². The van der Waals surface area contributed by atoms with Crippen molar-refractivity contribution in [2.75, 3.05) is 17.6 Å². The molecule has 0 bridgehead atoms. The molecule has 0 saturated carbocycles. The van der Waals surface area contributed by atoms with Crippen molar-refractivity contribution in [3.05, 3.63) is 54.1 Å². The number of para-hydroxylation sites is 1. The third-order valence-corrected chi connectivity index (χ3v) is 2.65. The minimum absolute atomic E-state index is 0.280. The predicted octanol–water partition coefficient (Wildman–Crippen LogP) is 2.63. The van der Waals surface area contributed by atoms with Crippen LogP contribution in [-0.4, -0.2) is 11.7 Å². The van der Waals surface area contributed by atoms with E-state index in [-0.39, 0.29) is 5.75 Å². The first-order valence-electron chi connectivity index (χ1n) is 5.62. The Balaban J connectivity index is 1.88. The van der Waals surface area contributed by atoms with Crippen LogP contribution in [0.1, 0.15) is 5.56 Å². The number of anilines is 2. The molecule has 0 aliphatic carbocycles. The highest BCUT2D eigenvalue weighted by Gasteiger charge is 1.97. The Morgan fingerprint density at radius 2 is 1.71 bits per heavy atom. The number of aromatic hydroxyl groups is 1. The summed E-state index contributed by atoms with van der Waals surface area (Å²) in [5.41, 5.74) is 8.84. The molecule has 0 aliphatic rings. The molecule has 0 fully saturated rings. The van der Waals surface area contributed by atoms with Crippen LogP contribution in [0.4, 0.5) is 11.4 Å². The third kappa shape index (κ3) is 3.14. The molecule has 0 spiro atoms. The van der Waals surface area contributed by atoms with Gasteiger partial charge in [0.2, 0.25) is 0 Å². The van der Waals surface area contributed by atoms with Crippen LogP contribution in [0.2, 0.25) is 0 Å². The van der Waals surface area contributed by atoms with Crippen LogP contribution in [-0.2, 0) is 6.42 Å². The summed E-state index contributed by atoms with van der Waals surface area (Å²) in [6.45, 7) is 0.818. The van der Waals surface area contributed by atoms with Crippen LogP contribution in [0.25, 0.3) is 0 Å². The van der Waals surface area contributed by atoms with Gasteiger partial charge in [-0.25, -0.2) is 0 Å². The SMILES string of the molecule is Nc1ccccc1CCNc1ccc(O)cc1. The van der Waals surface area contributed by atoms with Crippen molar-refractivity contribution in [2.24, 2.45) is 0 Å². The fourth-order valence-corrected chi connectivity index (χ4v) is 1.68. The van der Waals surface area contributed by atoms with Crippen LogP contribution in [0.15, 0.2) is 48.5 Å². The predicted molar refractivity (Wildman–Crippen MR) is 71.2 cm³/mol. The quantitative estimate of drug-likeness (QED) is 0.557. The average Bonchev–Trinajstić information content (AvgIpc) is 2.34. The summed E-state index contributed by atoms with van der Waals surface area (Å²) in [5.74, 6) is 0.280. The van der Waals surface area contributed by atoms with Crippen LogP contribution in [0.5, 0.6) is 5.75 Å². The van der Waals surface area contributed by atoms with Crippen molar-refractivity contribution in [3.8, 4) is 5.75 Å². The van der Waals surface area contributed by atoms with Crippen molar-refractivity contribution in [2.45, 2.75) is 6.42 Å². The van der Waals surface area contributed by atoms with E-state index in [2.05, 4.69) is 5.32 Å². The van der Waals surface area contributed by atoms with E-state index in [9.17, 15) is 0 Å². The van der Waals surface area contributed by atoms with E-state index in [0.29, 0.717) is 0 Å². The van der Waals surface area contributed by atoms with Crippen LogP contribution >= 0.6 is 0 Å². The molecule has 3 heteroatoms. The van der Waals surface area contributed by atoms with Crippen LogP contribution < -0.4 is 11.1 Å². The summed E-state index contributed by atoms with van der Waals surface area (Å²) in [5, 5.41) is 12.4. The summed E-state index contributed by atoms with van der Waals surface area (Å²) in [6.07, 6.45) is 0.882. The van der Waals surface area contributed by atoms with E-state index in [1.54, 1.807) is 12.1 Å². The Bertz CT molecular complexity index is 480. The number of rotatable bonds is 4. The lowest BCUT2D eigenvalue weighted by Crippen LogP contribution is -2.06. The maximum absolute atomic E-state index is 9.15. The molecule has 17 heavy (non-hydrogen) atoms. The van der Waals surface area contributed by atoms with Crippen molar-refractivity contribution in [1.29, 1.82) is 0 Å². The molecule has 0 atom stereocenters. The van der Waals surface area contributed by atoms with Gasteiger partial charge < -0.3 is 16.2 Å². The average molecular weight is 228 g/mol. The smallest absolute Gasteiger partial charge is 0.115 e. The summed E-state index contributed by atoms with van der Waals surface area (Å²) in [4.78, 5) is 0. The van der Waals surface area contributed by atoms with E-state index in [0.717, 1.165) is 29.9 Å². The molecule has 2 rings (SSSR count). The standard InChI is InChI=1S/C14H16N2O/c15-14-4-2-1-3-11(14)9-10-16-12-5-7-13(17)8-6-12/h1-8,16-17H,9-10,15H2. The lowest BCUT2D eigenvalue weighted by Gasteiger charge is -2.08. The largest absolute Gasteiger partial charge is 0.508 e. The minimum atomic E-state index is 0.280. The highest BCUT2D eigenvalue weighted by molar-refractivity contribution is 5.48. The van der Waals surface area contributed by atoms with E-state index in [1.807, 2.05) is 36.4 Å². The first-order valence-corrected chi connectivity index (χ1v) is 5.62. The van der Waals surface area contributed by atoms with Gasteiger partial charge in [0.1, 0.15) is 5.75 Å². The molecule has 0 heterocycles. The van der Waals surface area contributed by atoms with E-state index < -0.39 is 0 Å². The van der Waals surface area contributed by atoms with Gasteiger partial charge in [-0.3, -0.25) is 0 Å². The molecule has 88 valence electrons. The second-order valence-corrected chi connectivity index (χ2v) is 3.92. The minimum Gasteiger partial charge on any atom is -0.508 e. The zero-order valence-electron chi connectivity index (χ0n) is 9.56. The zero-order valence-corrected chi connectivity index (χ0v) is 9.56. The third-order valence-electron chi connectivity index (χ3n) is 2.65. The summed E-state index contributed by atoms with van der Waals surface area (Å²) >= 11 is 0. The lowest BCUT2D eigenvalue weighted by molar-refractivity contribution is 0.475. The highest BCUT2D eigenvalue weighted by atomic mass is 16.3. The van der Waals surface area contributed by atoms with Gasteiger partial charge in [0.15, 0.2) is 0 Å². The monoisotopic (exact) mass is 228 g/mol. The number of hydrogen-bond donors (Lipinski definition) is 3. The fourth-order valence-electron chi connectivity index (χ4n) is 1.68. The first-order chi connectivity index (χ1) is 8.25. The molecular weight excluding hydrogens is 212 g/mol. The maximum Gasteiger partial charge on any atom is 0.115 e. The van der Waals surface area contributed by atoms with Gasteiger partial charge in [-0.05, 0) is 42.3 Å². The highest BCUT2D eigenvalue weighted by Crippen LogP contribution is 2.15. The van der Waals surface area contributed by atoms with Crippen LogP contribution in [0.3, 0.4) is 0 Å². The number of hydrogen-bond acceptors (Lipinski definition) is 3. The number of nitrogen functional groups attached to an aromatic ring is 1. The molecule has 0 radical (unpaired) electrons. The molecule has 4 N–H and O–H groups in total. The second-order valence-electron chi connectivity index (χ2n) is 3.92. The molecule has 3 nitrogen and oxygen atoms in total. The van der Waals surface area contributed by atoms with Gasteiger partial charge in [-0.2, -0.15) is 0 Å². The normalized spacial score (nSPS) is 10.1. The van der Waals surface area contributed by atoms with Crippen molar-refractivity contribution >= 4 is 11.4 Å². The number of phenols is 1. The molecule has 0 saturated heterocycles. The summed E-state index contributed by atoms with van der Waals surface area (Å²) in [6, 6.07) is 14.9. The topological polar surface area (TPSA) is 58.3 Å². The number of phenolic OH excluding ortho intramolecular Hbond substituents is 1. The maximum atomic E-state index is 9.15. The lowest BCUT2D eigenvalue weighted by atomic mass is 10.1. The van der Waals surface area contributed by atoms with E-state index >= 15 is 0 Å². The van der Waals surface area contributed by atoms with Gasteiger partial charge in [0.05, 0.1) is 0 Å². The van der Waals surface area contributed by atoms with Crippen LogP contribution in [0, 0.1) is 0 Å². The van der Waals surface area contributed by atoms with Gasteiger partial charge in [-0.1, -0.05) is 18.2 Å². The van der Waals surface area contributed by atoms with E-state index in [1.165, 1.54) is 0 Å². The van der Waals surface area contributed by atoms with Gasteiger partial charge >= 0.3 is 0 Å². The van der Waals surface area contributed by atoms with Crippen molar-refractivity contribution in [3.63, 3.8) is 0 Å². The molecular formula is C14H16N2O. The summed E-state index contributed by atoms with van der Waals surface area (Å²) < 4.78 is 0. The summed E-state index contributed by atoms with van der Waals surface area (Å²) in [7, 11) is 0. The zero-order chi connectivity index (χ0) is 12.1. The molecule has 0 aromatic heterocycles. The van der Waals surface area contributed by atoms with E-state index in [4.69, 9.17) is 10.8 Å². The first kappa shape index (κ1) is 11.3. The Hall–Kier alpha value is -2.16. The van der Waals surface area contributed by atoms with Gasteiger partial charge in [0, 0.05) is 17.9 Å². The Labute approximate surface area is 101 Å². The molecule has 0 amide bonds. The molecule has 2 aromatic carbocycles. The van der Waals surface area contributed by atoms with Crippen molar-refractivity contribution in [1.82, 2.24) is 0 Å². The number of nitrogens with two attached hydrogens (primary N) is 1. The molecule has 0 unspecified atom stereocenters. The van der Waals surface area contributed by atoms with Gasteiger partial charge in [-0.15, -0.1) is 0 Å².